The Morgan fingerprint density at radius 3 is 2.61 bits per heavy atom. The number of carbonyl (C=O) groups is 1. The zero-order valence-electron chi connectivity index (χ0n) is 16.7. The van der Waals surface area contributed by atoms with Crippen LogP contribution >= 0.6 is 0 Å². The summed E-state index contributed by atoms with van der Waals surface area (Å²) in [6.45, 7) is 8.10. The SMILES string of the molecule is CC(C)CN1CCC(c2c[nH]c3ccc(NC(=O)c4ccccc4)cc23)CC1. The molecule has 0 spiro atoms. The molecule has 2 aromatic carbocycles. The predicted octanol–water partition coefficient (Wildman–Crippen LogP) is 5.26. The average molecular weight is 376 g/mol. The number of likely N-dealkylation sites (tertiary alicyclic amines) is 1. The molecule has 1 saturated heterocycles. The topological polar surface area (TPSA) is 48.1 Å². The van der Waals surface area contributed by atoms with Crippen molar-refractivity contribution >= 4 is 22.5 Å². The minimum Gasteiger partial charge on any atom is -0.361 e. The molecule has 2 N–H and O–H groups in total. The smallest absolute Gasteiger partial charge is 0.255 e. The van der Waals surface area contributed by atoms with E-state index in [0.717, 1.165) is 17.1 Å². The van der Waals surface area contributed by atoms with Crippen LogP contribution in [0.25, 0.3) is 10.9 Å². The summed E-state index contributed by atoms with van der Waals surface area (Å²) in [6, 6.07) is 15.5. The predicted molar refractivity (Wildman–Crippen MR) is 116 cm³/mol. The average Bonchev–Trinajstić information content (AvgIpc) is 3.12. The fourth-order valence-electron chi connectivity index (χ4n) is 4.29. The molecule has 1 amide bonds. The molecule has 4 rings (SSSR count). The molecule has 0 atom stereocenters. The Balaban J connectivity index is 1.50. The van der Waals surface area contributed by atoms with Crippen molar-refractivity contribution in [2.24, 2.45) is 5.92 Å². The summed E-state index contributed by atoms with van der Waals surface area (Å²) in [5.41, 5.74) is 4.04. The van der Waals surface area contributed by atoms with Crippen LogP contribution in [0.3, 0.4) is 0 Å². The van der Waals surface area contributed by atoms with Gasteiger partial charge in [-0.1, -0.05) is 32.0 Å². The van der Waals surface area contributed by atoms with Gasteiger partial charge in [0.2, 0.25) is 0 Å². The summed E-state index contributed by atoms with van der Waals surface area (Å²) in [6.07, 6.45) is 4.55. The quantitative estimate of drug-likeness (QED) is 0.639. The second-order valence-electron chi connectivity index (χ2n) is 8.29. The number of hydrogen-bond donors (Lipinski definition) is 2. The van der Waals surface area contributed by atoms with E-state index >= 15 is 0 Å². The number of fused-ring (bicyclic) bond motifs is 1. The molecular formula is C24H29N3O. The number of hydrogen-bond acceptors (Lipinski definition) is 2. The highest BCUT2D eigenvalue weighted by molar-refractivity contribution is 6.05. The highest BCUT2D eigenvalue weighted by Crippen LogP contribution is 2.34. The molecule has 0 saturated carbocycles. The van der Waals surface area contributed by atoms with Crippen molar-refractivity contribution in [2.75, 3.05) is 25.0 Å². The van der Waals surface area contributed by atoms with E-state index in [-0.39, 0.29) is 5.91 Å². The summed E-state index contributed by atoms with van der Waals surface area (Å²) in [5, 5.41) is 4.27. The van der Waals surface area contributed by atoms with Crippen LogP contribution in [-0.2, 0) is 0 Å². The standard InChI is InChI=1S/C24H29N3O/c1-17(2)16-27-12-10-18(11-13-27)22-15-25-23-9-8-20(14-21(22)23)26-24(28)19-6-4-3-5-7-19/h3-9,14-15,17-18,25H,10-13,16H2,1-2H3,(H,26,28). The summed E-state index contributed by atoms with van der Waals surface area (Å²) < 4.78 is 0. The van der Waals surface area contributed by atoms with Gasteiger partial charge in [0.1, 0.15) is 0 Å². The number of amides is 1. The maximum absolute atomic E-state index is 12.5. The fourth-order valence-corrected chi connectivity index (χ4v) is 4.29. The number of benzene rings is 2. The molecule has 0 aliphatic carbocycles. The summed E-state index contributed by atoms with van der Waals surface area (Å²) in [4.78, 5) is 18.5. The number of rotatable bonds is 5. The minimum absolute atomic E-state index is 0.0703. The minimum atomic E-state index is -0.0703. The van der Waals surface area contributed by atoms with Crippen LogP contribution in [0.2, 0.25) is 0 Å². The Bertz CT molecular complexity index is 937. The summed E-state index contributed by atoms with van der Waals surface area (Å²) in [7, 11) is 0. The van der Waals surface area contributed by atoms with Crippen LogP contribution in [-0.4, -0.2) is 35.4 Å². The van der Waals surface area contributed by atoms with Gasteiger partial charge in [-0.25, -0.2) is 0 Å². The second-order valence-corrected chi connectivity index (χ2v) is 8.29. The van der Waals surface area contributed by atoms with Crippen molar-refractivity contribution in [3.8, 4) is 0 Å². The molecule has 146 valence electrons. The van der Waals surface area contributed by atoms with E-state index in [1.54, 1.807) is 0 Å². The molecule has 1 aliphatic heterocycles. The molecule has 1 fully saturated rings. The van der Waals surface area contributed by atoms with Crippen LogP contribution in [0, 0.1) is 5.92 Å². The maximum atomic E-state index is 12.5. The van der Waals surface area contributed by atoms with Crippen molar-refractivity contribution in [3.05, 3.63) is 65.9 Å². The first kappa shape index (κ1) is 18.8. The van der Waals surface area contributed by atoms with Gasteiger partial charge in [0, 0.05) is 34.9 Å². The first-order valence-corrected chi connectivity index (χ1v) is 10.3. The number of aromatic amines is 1. The highest BCUT2D eigenvalue weighted by atomic mass is 16.1. The van der Waals surface area contributed by atoms with Gasteiger partial charge in [0.15, 0.2) is 0 Å². The molecule has 1 aliphatic rings. The van der Waals surface area contributed by atoms with Gasteiger partial charge in [-0.3, -0.25) is 4.79 Å². The van der Waals surface area contributed by atoms with Crippen molar-refractivity contribution in [3.63, 3.8) is 0 Å². The van der Waals surface area contributed by atoms with E-state index in [2.05, 4.69) is 47.4 Å². The lowest BCUT2D eigenvalue weighted by molar-refractivity contribution is 0.102. The Morgan fingerprint density at radius 1 is 1.14 bits per heavy atom. The summed E-state index contributed by atoms with van der Waals surface area (Å²) >= 11 is 0. The lowest BCUT2D eigenvalue weighted by Gasteiger charge is -2.33. The van der Waals surface area contributed by atoms with Crippen LogP contribution in [0.4, 0.5) is 5.69 Å². The third-order valence-electron chi connectivity index (χ3n) is 5.66. The Kier molecular flexibility index (Phi) is 5.49. The third-order valence-corrected chi connectivity index (χ3v) is 5.66. The molecule has 4 nitrogen and oxygen atoms in total. The number of anilines is 1. The molecular weight excluding hydrogens is 346 g/mol. The number of aromatic nitrogens is 1. The van der Waals surface area contributed by atoms with Gasteiger partial charge < -0.3 is 15.2 Å². The van der Waals surface area contributed by atoms with E-state index in [4.69, 9.17) is 0 Å². The Labute approximate surface area is 166 Å². The molecule has 1 aromatic heterocycles. The van der Waals surface area contributed by atoms with Crippen LogP contribution in [0.1, 0.15) is 48.5 Å². The number of carbonyl (C=O) groups excluding carboxylic acids is 1. The lowest BCUT2D eigenvalue weighted by Crippen LogP contribution is -2.35. The highest BCUT2D eigenvalue weighted by Gasteiger charge is 2.23. The number of piperidine rings is 1. The zero-order chi connectivity index (χ0) is 19.5. The van der Waals surface area contributed by atoms with E-state index < -0.39 is 0 Å². The van der Waals surface area contributed by atoms with Gasteiger partial charge in [0.05, 0.1) is 0 Å². The van der Waals surface area contributed by atoms with Gasteiger partial charge in [-0.2, -0.15) is 0 Å². The van der Waals surface area contributed by atoms with Crippen molar-refractivity contribution in [1.29, 1.82) is 0 Å². The Morgan fingerprint density at radius 2 is 1.89 bits per heavy atom. The second kappa shape index (κ2) is 8.19. The molecule has 2 heterocycles. The summed E-state index contributed by atoms with van der Waals surface area (Å²) in [5.74, 6) is 1.23. The molecule has 0 radical (unpaired) electrons. The first-order valence-electron chi connectivity index (χ1n) is 10.3. The number of nitrogens with one attached hydrogen (secondary N) is 2. The molecule has 3 aromatic rings. The largest absolute Gasteiger partial charge is 0.361 e. The van der Waals surface area contributed by atoms with Gasteiger partial charge in [-0.15, -0.1) is 0 Å². The van der Waals surface area contributed by atoms with E-state index in [1.807, 2.05) is 36.4 Å². The zero-order valence-corrected chi connectivity index (χ0v) is 16.7. The molecule has 4 heteroatoms. The van der Waals surface area contributed by atoms with Crippen molar-refractivity contribution in [2.45, 2.75) is 32.6 Å². The van der Waals surface area contributed by atoms with E-state index in [9.17, 15) is 4.79 Å². The van der Waals surface area contributed by atoms with Gasteiger partial charge >= 0.3 is 0 Å². The number of nitrogens with zero attached hydrogens (tertiary/aromatic N) is 1. The van der Waals surface area contributed by atoms with Crippen LogP contribution < -0.4 is 5.32 Å². The maximum Gasteiger partial charge on any atom is 0.255 e. The van der Waals surface area contributed by atoms with Crippen molar-refractivity contribution in [1.82, 2.24) is 9.88 Å². The van der Waals surface area contributed by atoms with Crippen LogP contribution in [0.5, 0.6) is 0 Å². The van der Waals surface area contributed by atoms with E-state index in [1.165, 1.54) is 43.4 Å². The molecule has 0 unspecified atom stereocenters. The fraction of sp³-hybridized carbons (Fsp3) is 0.375. The lowest BCUT2D eigenvalue weighted by atomic mass is 9.89. The molecule has 28 heavy (non-hydrogen) atoms. The third kappa shape index (κ3) is 4.12. The van der Waals surface area contributed by atoms with Gasteiger partial charge in [-0.05, 0) is 73.7 Å². The van der Waals surface area contributed by atoms with Crippen molar-refractivity contribution < 1.29 is 4.79 Å². The molecule has 0 bridgehead atoms. The number of H-pyrrole nitrogens is 1. The van der Waals surface area contributed by atoms with E-state index in [0.29, 0.717) is 11.5 Å². The Hall–Kier alpha value is -2.59. The monoisotopic (exact) mass is 375 g/mol. The van der Waals surface area contributed by atoms with Crippen LogP contribution in [0.15, 0.2) is 54.7 Å². The van der Waals surface area contributed by atoms with Gasteiger partial charge in [0.25, 0.3) is 5.91 Å². The normalized spacial score (nSPS) is 16.0. The first-order chi connectivity index (χ1) is 13.6.